The third-order valence-electron chi connectivity index (χ3n) is 5.09. The van der Waals surface area contributed by atoms with Gasteiger partial charge in [-0.2, -0.15) is 5.10 Å². The summed E-state index contributed by atoms with van der Waals surface area (Å²) in [6.07, 6.45) is 3.61. The number of hydrogen-bond donors (Lipinski definition) is 1. The first-order chi connectivity index (χ1) is 14.5. The quantitative estimate of drug-likeness (QED) is 0.334. The van der Waals surface area contributed by atoms with E-state index in [1.807, 2.05) is 48.0 Å². The van der Waals surface area contributed by atoms with E-state index in [4.69, 9.17) is 0 Å². The predicted molar refractivity (Wildman–Crippen MR) is 116 cm³/mol. The van der Waals surface area contributed by atoms with Crippen LogP contribution < -0.4 is 0 Å². The van der Waals surface area contributed by atoms with Crippen molar-refractivity contribution in [1.82, 2.24) is 19.7 Å². The second-order valence-electron chi connectivity index (χ2n) is 7.02. The minimum absolute atomic E-state index is 0.334. The van der Waals surface area contributed by atoms with E-state index in [0.29, 0.717) is 11.1 Å². The summed E-state index contributed by atoms with van der Waals surface area (Å²) in [6, 6.07) is 15.2. The highest BCUT2D eigenvalue weighted by Gasteiger charge is 2.12. The molecule has 5 aromatic rings. The number of aromatic amines is 1. The van der Waals surface area contributed by atoms with Gasteiger partial charge >= 0.3 is 0 Å². The lowest BCUT2D eigenvalue weighted by Crippen LogP contribution is -1.94. The largest absolute Gasteiger partial charge is 0.299 e. The highest BCUT2D eigenvalue weighted by molar-refractivity contribution is 9.10. The van der Waals surface area contributed by atoms with Crippen molar-refractivity contribution < 1.29 is 8.78 Å². The molecule has 1 N–H and O–H groups in total. The lowest BCUT2D eigenvalue weighted by atomic mass is 10.0. The molecule has 148 valence electrons. The van der Waals surface area contributed by atoms with Crippen molar-refractivity contribution in [3.8, 4) is 27.9 Å². The molecule has 0 aliphatic carbocycles. The summed E-state index contributed by atoms with van der Waals surface area (Å²) < 4.78 is 30.4. The Labute approximate surface area is 179 Å². The third kappa shape index (κ3) is 3.21. The molecule has 0 radical (unpaired) electrons. The Hall–Kier alpha value is -3.32. The lowest BCUT2D eigenvalue weighted by Gasteiger charge is -2.10. The number of hydrogen-bond acceptors (Lipinski definition) is 2. The van der Waals surface area contributed by atoms with E-state index in [2.05, 4.69) is 31.1 Å². The van der Waals surface area contributed by atoms with E-state index in [9.17, 15) is 8.78 Å². The Bertz CT molecular complexity index is 1400. The number of aryl methyl sites for hydroxylation is 1. The summed E-state index contributed by atoms with van der Waals surface area (Å²) in [7, 11) is 0. The maximum atomic E-state index is 14.3. The maximum Gasteiger partial charge on any atom is 0.133 e. The minimum atomic E-state index is -0.602. The molecule has 0 amide bonds. The van der Waals surface area contributed by atoms with E-state index in [-0.39, 0.29) is 0 Å². The molecule has 0 saturated carbocycles. The molecule has 0 unspecified atom stereocenters. The number of nitrogens with zero attached hydrogens (tertiary/aromatic N) is 3. The van der Waals surface area contributed by atoms with Gasteiger partial charge < -0.3 is 0 Å². The van der Waals surface area contributed by atoms with Gasteiger partial charge in [-0.15, -0.1) is 0 Å². The van der Waals surface area contributed by atoms with Crippen molar-refractivity contribution in [2.24, 2.45) is 0 Å². The Balaban J connectivity index is 1.62. The second-order valence-corrected chi connectivity index (χ2v) is 7.94. The highest BCUT2D eigenvalue weighted by atomic mass is 79.9. The van der Waals surface area contributed by atoms with Crippen LogP contribution in [-0.2, 0) is 0 Å². The molecular formula is C23H15BrF2N4. The molecule has 3 aromatic carbocycles. The van der Waals surface area contributed by atoms with E-state index in [0.717, 1.165) is 44.1 Å². The van der Waals surface area contributed by atoms with Crippen molar-refractivity contribution in [2.45, 2.75) is 6.92 Å². The van der Waals surface area contributed by atoms with Gasteiger partial charge in [0, 0.05) is 33.6 Å². The van der Waals surface area contributed by atoms with Crippen molar-refractivity contribution in [3.05, 3.63) is 88.9 Å². The van der Waals surface area contributed by atoms with Gasteiger partial charge in [0.25, 0.3) is 0 Å². The first-order valence-electron chi connectivity index (χ1n) is 9.24. The summed E-state index contributed by atoms with van der Waals surface area (Å²) >= 11 is 3.50. The summed E-state index contributed by atoms with van der Waals surface area (Å²) in [5, 5.41) is 7.05. The first-order valence-corrected chi connectivity index (χ1v) is 10.0. The molecule has 5 rings (SSSR count). The molecule has 2 heterocycles. The lowest BCUT2D eigenvalue weighted by molar-refractivity contribution is 0.585. The zero-order chi connectivity index (χ0) is 20.8. The molecule has 0 atom stereocenters. The molecule has 4 nitrogen and oxygen atoms in total. The zero-order valence-electron chi connectivity index (χ0n) is 15.8. The van der Waals surface area contributed by atoms with Crippen LogP contribution in [0.4, 0.5) is 8.78 Å². The average molecular weight is 465 g/mol. The number of imidazole rings is 1. The molecular weight excluding hydrogens is 450 g/mol. The fourth-order valence-electron chi connectivity index (χ4n) is 3.63. The van der Waals surface area contributed by atoms with Gasteiger partial charge in [0.2, 0.25) is 0 Å². The predicted octanol–water partition coefficient (Wildman–Crippen LogP) is 6.43. The van der Waals surface area contributed by atoms with Gasteiger partial charge in [-0.05, 0) is 60.5 Å². The summed E-state index contributed by atoms with van der Waals surface area (Å²) in [6.45, 7) is 1.95. The Kier molecular flexibility index (Phi) is 4.47. The monoisotopic (exact) mass is 464 g/mol. The van der Waals surface area contributed by atoms with Crippen LogP contribution in [0.3, 0.4) is 0 Å². The molecule has 0 fully saturated rings. The van der Waals surface area contributed by atoms with E-state index >= 15 is 0 Å². The van der Waals surface area contributed by atoms with E-state index in [1.54, 1.807) is 12.4 Å². The topological polar surface area (TPSA) is 46.5 Å². The third-order valence-corrected chi connectivity index (χ3v) is 5.55. The number of halogens is 3. The van der Waals surface area contributed by atoms with Gasteiger partial charge in [-0.25, -0.2) is 13.8 Å². The zero-order valence-corrected chi connectivity index (χ0v) is 17.4. The smallest absolute Gasteiger partial charge is 0.133 e. The van der Waals surface area contributed by atoms with Gasteiger partial charge in [-0.1, -0.05) is 22.0 Å². The Morgan fingerprint density at radius 2 is 1.80 bits per heavy atom. The Morgan fingerprint density at radius 1 is 0.933 bits per heavy atom. The van der Waals surface area contributed by atoms with Crippen LogP contribution in [-0.4, -0.2) is 19.7 Å². The van der Waals surface area contributed by atoms with E-state index < -0.39 is 11.6 Å². The highest BCUT2D eigenvalue weighted by Crippen LogP contribution is 2.31. The van der Waals surface area contributed by atoms with Gasteiger partial charge in [0.15, 0.2) is 0 Å². The normalized spacial score (nSPS) is 11.3. The number of nitrogens with one attached hydrogen (secondary N) is 1. The fraction of sp³-hybridized carbons (Fsp3) is 0.0435. The number of rotatable bonds is 3. The van der Waals surface area contributed by atoms with Crippen LogP contribution in [0.25, 0.3) is 39.0 Å². The summed E-state index contributed by atoms with van der Waals surface area (Å²) in [5.41, 5.74) is 6.53. The fourth-order valence-corrected chi connectivity index (χ4v) is 4.11. The van der Waals surface area contributed by atoms with Crippen molar-refractivity contribution in [1.29, 1.82) is 0 Å². The van der Waals surface area contributed by atoms with Crippen LogP contribution in [0.5, 0.6) is 0 Å². The average Bonchev–Trinajstić information content (AvgIpc) is 3.33. The van der Waals surface area contributed by atoms with Crippen LogP contribution >= 0.6 is 15.9 Å². The summed E-state index contributed by atoms with van der Waals surface area (Å²) in [5.74, 6) is -1.20. The molecule has 0 bridgehead atoms. The Morgan fingerprint density at radius 3 is 2.57 bits per heavy atom. The molecule has 2 aromatic heterocycles. The van der Waals surface area contributed by atoms with Crippen LogP contribution in [0.1, 0.15) is 5.69 Å². The van der Waals surface area contributed by atoms with Gasteiger partial charge in [0.1, 0.15) is 18.0 Å². The number of benzene rings is 3. The standard InChI is InChI=1S/C23H15BrF2N4/c1-13-20(11-28-29-13)14-2-5-23-22(8-14)27-12-30(23)18-7-15(6-16(24)9-18)19-4-3-17(25)10-21(19)26/h2-12H,1H3,(H,28,29). The summed E-state index contributed by atoms with van der Waals surface area (Å²) in [4.78, 5) is 4.55. The first kappa shape index (κ1) is 18.7. The SMILES string of the molecule is Cc1n[nH]cc1-c1ccc2c(c1)ncn2-c1cc(Br)cc(-c2ccc(F)cc2F)c1. The molecule has 0 spiro atoms. The number of H-pyrrole nitrogens is 1. The van der Waals surface area contributed by atoms with Crippen LogP contribution in [0.15, 0.2) is 71.6 Å². The number of fused-ring (bicyclic) bond motifs is 1. The molecule has 0 saturated heterocycles. The van der Waals surface area contributed by atoms with E-state index in [1.165, 1.54) is 12.1 Å². The number of aromatic nitrogens is 4. The van der Waals surface area contributed by atoms with Gasteiger partial charge in [-0.3, -0.25) is 9.67 Å². The molecule has 0 aliphatic heterocycles. The minimum Gasteiger partial charge on any atom is -0.299 e. The van der Waals surface area contributed by atoms with Crippen molar-refractivity contribution in [2.75, 3.05) is 0 Å². The van der Waals surface area contributed by atoms with Crippen LogP contribution in [0.2, 0.25) is 0 Å². The second kappa shape index (κ2) is 7.18. The van der Waals surface area contributed by atoms with Crippen molar-refractivity contribution >= 4 is 27.0 Å². The maximum absolute atomic E-state index is 14.3. The molecule has 30 heavy (non-hydrogen) atoms. The molecule has 0 aliphatic rings. The molecule has 7 heteroatoms. The van der Waals surface area contributed by atoms with Gasteiger partial charge in [0.05, 0.1) is 16.7 Å². The van der Waals surface area contributed by atoms with Crippen LogP contribution in [0, 0.1) is 18.6 Å². The van der Waals surface area contributed by atoms with Crippen molar-refractivity contribution in [3.63, 3.8) is 0 Å².